The Morgan fingerprint density at radius 1 is 1.13 bits per heavy atom. The van der Waals surface area contributed by atoms with Crippen molar-refractivity contribution in [3.63, 3.8) is 0 Å². The van der Waals surface area contributed by atoms with Gasteiger partial charge in [-0.15, -0.1) is 0 Å². The van der Waals surface area contributed by atoms with Crippen LogP contribution in [0.4, 0.5) is 23.1 Å². The number of carbonyl (C=O) groups is 1. The maximum Gasteiger partial charge on any atom is 0.329 e. The highest BCUT2D eigenvalue weighted by Crippen LogP contribution is 2.32. The Hall–Kier alpha value is -3.52. The summed E-state index contributed by atoms with van der Waals surface area (Å²) in [4.78, 5) is 34.3. The molecule has 0 saturated carbocycles. The van der Waals surface area contributed by atoms with E-state index in [9.17, 15) is 14.9 Å². The molecule has 0 bridgehead atoms. The summed E-state index contributed by atoms with van der Waals surface area (Å²) in [6.07, 6.45) is 2.22. The van der Waals surface area contributed by atoms with E-state index < -0.39 is 4.92 Å². The fraction of sp³-hybridized carbons (Fsp3) is 0.227. The summed E-state index contributed by atoms with van der Waals surface area (Å²) in [5.74, 6) is 0.192. The summed E-state index contributed by atoms with van der Waals surface area (Å²) in [7, 11) is 0. The third kappa shape index (κ3) is 4.80. The highest BCUT2D eigenvalue weighted by Gasteiger charge is 2.31. The maximum absolute atomic E-state index is 12.7. The first-order valence-corrected chi connectivity index (χ1v) is 10.3. The molecule has 3 aromatic rings. The zero-order chi connectivity index (χ0) is 21.8. The van der Waals surface area contributed by atoms with Gasteiger partial charge in [0.2, 0.25) is 11.8 Å². The van der Waals surface area contributed by atoms with Crippen LogP contribution in [0.2, 0.25) is 5.02 Å². The van der Waals surface area contributed by atoms with E-state index in [1.807, 2.05) is 35.2 Å². The van der Waals surface area contributed by atoms with E-state index >= 15 is 0 Å². The smallest absolute Gasteiger partial charge is 0.329 e. The molecule has 0 amide bonds. The Labute approximate surface area is 184 Å². The van der Waals surface area contributed by atoms with Gasteiger partial charge in [-0.2, -0.15) is 4.98 Å². The van der Waals surface area contributed by atoms with E-state index in [0.717, 1.165) is 5.56 Å². The molecular weight excluding hydrogens is 418 g/mol. The fourth-order valence-electron chi connectivity index (χ4n) is 3.65. The molecule has 1 aliphatic heterocycles. The topological polar surface area (TPSA) is 101 Å². The van der Waals surface area contributed by atoms with Gasteiger partial charge in [-0.05, 0) is 36.2 Å². The molecule has 2 heterocycles. The minimum absolute atomic E-state index is 0.130. The lowest BCUT2D eigenvalue weighted by Crippen LogP contribution is -2.31. The third-order valence-corrected chi connectivity index (χ3v) is 5.44. The lowest BCUT2D eigenvalue weighted by molar-refractivity contribution is -0.384. The minimum atomic E-state index is -0.494. The van der Waals surface area contributed by atoms with E-state index in [-0.39, 0.29) is 29.2 Å². The van der Waals surface area contributed by atoms with Gasteiger partial charge >= 0.3 is 5.69 Å². The van der Waals surface area contributed by atoms with Crippen molar-refractivity contribution >= 4 is 40.5 Å². The number of Topliss-reactive ketones (excluding diaryl/α,β-unsaturated/α-hetero) is 1. The molecule has 2 aromatic carbocycles. The average molecular weight is 438 g/mol. The molecule has 1 atom stereocenters. The van der Waals surface area contributed by atoms with Crippen molar-refractivity contribution < 1.29 is 9.72 Å². The molecular formula is C22H20ClN5O3. The second-order valence-corrected chi connectivity index (χ2v) is 7.71. The number of rotatable bonds is 5. The average Bonchev–Trinajstić information content (AvgIpc) is 2.97. The Kier molecular flexibility index (Phi) is 6.08. The molecule has 1 unspecified atom stereocenters. The van der Waals surface area contributed by atoms with Crippen LogP contribution < -0.4 is 10.2 Å². The Morgan fingerprint density at radius 3 is 2.58 bits per heavy atom. The van der Waals surface area contributed by atoms with Crippen molar-refractivity contribution in [3.8, 4) is 0 Å². The van der Waals surface area contributed by atoms with Crippen molar-refractivity contribution in [3.05, 3.63) is 81.5 Å². The van der Waals surface area contributed by atoms with Gasteiger partial charge in [0.05, 0.1) is 10.8 Å². The lowest BCUT2D eigenvalue weighted by atomic mass is 9.93. The van der Waals surface area contributed by atoms with Gasteiger partial charge in [-0.1, -0.05) is 41.9 Å². The summed E-state index contributed by atoms with van der Waals surface area (Å²) in [6.45, 7) is 0.814. The van der Waals surface area contributed by atoms with E-state index in [1.54, 1.807) is 24.3 Å². The van der Waals surface area contributed by atoms with Crippen molar-refractivity contribution in [2.45, 2.75) is 18.8 Å². The van der Waals surface area contributed by atoms with Crippen LogP contribution in [-0.2, 0) is 4.79 Å². The number of nitro groups is 1. The molecule has 1 aliphatic rings. The zero-order valence-electron chi connectivity index (χ0n) is 16.6. The highest BCUT2D eigenvalue weighted by molar-refractivity contribution is 6.30. The highest BCUT2D eigenvalue weighted by atomic mass is 35.5. The van der Waals surface area contributed by atoms with E-state index in [2.05, 4.69) is 15.3 Å². The van der Waals surface area contributed by atoms with Crippen LogP contribution in [0, 0.1) is 10.1 Å². The monoisotopic (exact) mass is 437 g/mol. The molecule has 0 aliphatic carbocycles. The van der Waals surface area contributed by atoms with Crippen molar-refractivity contribution in [2.24, 2.45) is 0 Å². The molecule has 4 rings (SSSR count). The number of benzene rings is 2. The lowest BCUT2D eigenvalue weighted by Gasteiger charge is -2.25. The molecule has 1 N–H and O–H groups in total. The predicted octanol–water partition coefficient (Wildman–Crippen LogP) is 4.73. The number of carbonyl (C=O) groups excluding carboxylic acids is 1. The molecule has 31 heavy (non-hydrogen) atoms. The van der Waals surface area contributed by atoms with Crippen molar-refractivity contribution in [1.29, 1.82) is 0 Å². The molecule has 1 saturated heterocycles. The van der Waals surface area contributed by atoms with E-state index in [1.165, 1.54) is 6.20 Å². The van der Waals surface area contributed by atoms with Crippen LogP contribution in [0.25, 0.3) is 0 Å². The van der Waals surface area contributed by atoms with Crippen molar-refractivity contribution in [2.75, 3.05) is 23.3 Å². The molecule has 8 nitrogen and oxygen atoms in total. The second kappa shape index (κ2) is 9.09. The molecule has 9 heteroatoms. The summed E-state index contributed by atoms with van der Waals surface area (Å²) in [6, 6.07) is 16.5. The van der Waals surface area contributed by atoms with Crippen LogP contribution in [0.5, 0.6) is 0 Å². The maximum atomic E-state index is 12.7. The molecule has 1 aromatic heterocycles. The summed E-state index contributed by atoms with van der Waals surface area (Å²) in [5.41, 5.74) is 1.41. The largest absolute Gasteiger partial charge is 0.350 e. The van der Waals surface area contributed by atoms with Crippen LogP contribution in [0.3, 0.4) is 0 Å². The van der Waals surface area contributed by atoms with Crippen LogP contribution >= 0.6 is 11.6 Å². The minimum Gasteiger partial charge on any atom is -0.350 e. The normalized spacial score (nSPS) is 16.6. The van der Waals surface area contributed by atoms with Gasteiger partial charge in [0.1, 0.15) is 12.0 Å². The first-order chi connectivity index (χ1) is 15.0. The quantitative estimate of drug-likeness (QED) is 0.454. The number of anilines is 3. The van der Waals surface area contributed by atoms with Gasteiger partial charge in [0, 0.05) is 30.2 Å². The van der Waals surface area contributed by atoms with Crippen LogP contribution in [0.1, 0.15) is 24.3 Å². The van der Waals surface area contributed by atoms with Crippen LogP contribution in [-0.4, -0.2) is 33.8 Å². The van der Waals surface area contributed by atoms with Crippen LogP contribution in [0.15, 0.2) is 60.8 Å². The number of halogens is 1. The predicted molar refractivity (Wildman–Crippen MR) is 119 cm³/mol. The SMILES string of the molecule is O=C1CCCN(c2nc(Nc3ccc(Cl)cc3)ncc2[N+](=O)[O-])CC1c1ccccc1. The first kappa shape index (κ1) is 20.7. The summed E-state index contributed by atoms with van der Waals surface area (Å²) >= 11 is 5.92. The van der Waals surface area contributed by atoms with Gasteiger partial charge in [-0.25, -0.2) is 4.98 Å². The zero-order valence-corrected chi connectivity index (χ0v) is 17.3. The van der Waals surface area contributed by atoms with E-state index in [0.29, 0.717) is 36.6 Å². The fourth-order valence-corrected chi connectivity index (χ4v) is 3.78. The number of aromatic nitrogens is 2. The summed E-state index contributed by atoms with van der Waals surface area (Å²) < 4.78 is 0. The second-order valence-electron chi connectivity index (χ2n) is 7.27. The van der Waals surface area contributed by atoms with Gasteiger partial charge in [-0.3, -0.25) is 14.9 Å². The van der Waals surface area contributed by atoms with Gasteiger partial charge in [0.25, 0.3) is 0 Å². The molecule has 158 valence electrons. The molecule has 0 radical (unpaired) electrons. The third-order valence-electron chi connectivity index (χ3n) is 5.19. The number of ketones is 1. The van der Waals surface area contributed by atoms with E-state index in [4.69, 9.17) is 11.6 Å². The first-order valence-electron chi connectivity index (χ1n) is 9.88. The Bertz CT molecular complexity index is 1090. The number of nitrogens with zero attached hydrogens (tertiary/aromatic N) is 4. The summed E-state index contributed by atoms with van der Waals surface area (Å²) in [5, 5.41) is 15.3. The standard InChI is InChI=1S/C22H20ClN5O3/c23-16-8-10-17(11-9-16)25-22-24-13-19(28(30)31)21(26-22)27-12-4-7-20(29)18(14-27)15-5-2-1-3-6-15/h1-3,5-6,8-11,13,18H,4,7,12,14H2,(H,24,25,26). The van der Waals surface area contributed by atoms with Crippen molar-refractivity contribution in [1.82, 2.24) is 9.97 Å². The Morgan fingerprint density at radius 2 is 1.87 bits per heavy atom. The Balaban J connectivity index is 1.67. The number of hydrogen-bond donors (Lipinski definition) is 1. The number of nitrogens with one attached hydrogen (secondary N) is 1. The molecule has 1 fully saturated rings. The van der Waals surface area contributed by atoms with Gasteiger partial charge in [0.15, 0.2) is 0 Å². The molecule has 0 spiro atoms. The van der Waals surface area contributed by atoms with Gasteiger partial charge < -0.3 is 10.2 Å². The number of hydrogen-bond acceptors (Lipinski definition) is 7.